The quantitative estimate of drug-likeness (QED) is 0.604. The lowest BCUT2D eigenvalue weighted by molar-refractivity contribution is -0.133. The van der Waals surface area contributed by atoms with Crippen molar-refractivity contribution in [2.24, 2.45) is 0 Å². The molecule has 0 aliphatic heterocycles. The highest BCUT2D eigenvalue weighted by Crippen LogP contribution is 2.40. The molecule has 1 aliphatic carbocycles. The lowest BCUT2D eigenvalue weighted by atomic mass is 10.2. The summed E-state index contributed by atoms with van der Waals surface area (Å²) in [7, 11) is 0. The molecule has 110 valence electrons. The highest BCUT2D eigenvalue weighted by Gasteiger charge is 2.28. The molecule has 1 heterocycles. The van der Waals surface area contributed by atoms with Gasteiger partial charge in [-0.2, -0.15) is 5.10 Å². The van der Waals surface area contributed by atoms with Crippen molar-refractivity contribution in [3.8, 4) is 5.75 Å². The Labute approximate surface area is 124 Å². The third kappa shape index (κ3) is 3.51. The zero-order chi connectivity index (χ0) is 14.7. The summed E-state index contributed by atoms with van der Waals surface area (Å²) in [5.74, 6) is 0.963. The number of nitrogens with zero attached hydrogens (tertiary/aromatic N) is 2. The molecule has 0 bridgehead atoms. The molecule has 0 saturated heterocycles. The first kappa shape index (κ1) is 13.9. The highest BCUT2D eigenvalue weighted by atomic mass is 16.5. The maximum Gasteiger partial charge on any atom is 0.317 e. The molecule has 0 N–H and O–H groups in total. The summed E-state index contributed by atoms with van der Waals surface area (Å²) in [6.07, 6.45) is 3.76. The molecule has 0 unspecified atom stereocenters. The van der Waals surface area contributed by atoms with Gasteiger partial charge < -0.3 is 4.74 Å². The zero-order valence-electron chi connectivity index (χ0n) is 12.3. The molecule has 3 rings (SSSR count). The number of carbonyl (C=O) groups is 1. The SMILES string of the molecule is CCCn1nc(CC(=O)Oc2ccccc2)cc1C1CC1. The van der Waals surface area contributed by atoms with Crippen LogP contribution in [-0.2, 0) is 17.8 Å². The van der Waals surface area contributed by atoms with Crippen LogP contribution >= 0.6 is 0 Å². The summed E-state index contributed by atoms with van der Waals surface area (Å²) in [6, 6.07) is 11.2. The number of hydrogen-bond donors (Lipinski definition) is 0. The second-order valence-electron chi connectivity index (χ2n) is 5.52. The third-order valence-electron chi connectivity index (χ3n) is 3.59. The van der Waals surface area contributed by atoms with Gasteiger partial charge in [0.2, 0.25) is 0 Å². The van der Waals surface area contributed by atoms with Crippen LogP contribution in [0.4, 0.5) is 0 Å². The van der Waals surface area contributed by atoms with E-state index in [1.54, 1.807) is 12.1 Å². The van der Waals surface area contributed by atoms with Crippen LogP contribution in [0.3, 0.4) is 0 Å². The first-order valence-corrected chi connectivity index (χ1v) is 7.58. The molecule has 1 aliphatic rings. The molecule has 0 spiro atoms. The molecule has 1 aromatic heterocycles. The van der Waals surface area contributed by atoms with Gasteiger partial charge in [0.15, 0.2) is 0 Å². The fourth-order valence-electron chi connectivity index (χ4n) is 2.48. The number of rotatable bonds is 6. The smallest absolute Gasteiger partial charge is 0.317 e. The Morgan fingerprint density at radius 1 is 1.33 bits per heavy atom. The van der Waals surface area contributed by atoms with Crippen LogP contribution < -0.4 is 4.74 Å². The second kappa shape index (κ2) is 6.12. The van der Waals surface area contributed by atoms with E-state index in [-0.39, 0.29) is 12.4 Å². The van der Waals surface area contributed by atoms with Crippen molar-refractivity contribution in [1.82, 2.24) is 9.78 Å². The number of aryl methyl sites for hydroxylation is 1. The van der Waals surface area contributed by atoms with E-state index in [1.807, 2.05) is 18.2 Å². The van der Waals surface area contributed by atoms with Gasteiger partial charge in [-0.1, -0.05) is 25.1 Å². The Kier molecular flexibility index (Phi) is 4.04. The van der Waals surface area contributed by atoms with Crippen LogP contribution in [0.5, 0.6) is 5.75 Å². The topological polar surface area (TPSA) is 44.1 Å². The van der Waals surface area contributed by atoms with Crippen molar-refractivity contribution in [3.63, 3.8) is 0 Å². The summed E-state index contributed by atoms with van der Waals surface area (Å²) >= 11 is 0. The monoisotopic (exact) mass is 284 g/mol. The fraction of sp³-hybridized carbons (Fsp3) is 0.412. The molecule has 4 nitrogen and oxygen atoms in total. The number of para-hydroxylation sites is 1. The molecule has 0 radical (unpaired) electrons. The second-order valence-corrected chi connectivity index (χ2v) is 5.52. The van der Waals surface area contributed by atoms with Gasteiger partial charge in [0.05, 0.1) is 12.1 Å². The van der Waals surface area contributed by atoms with Crippen molar-refractivity contribution in [3.05, 3.63) is 47.8 Å². The van der Waals surface area contributed by atoms with E-state index in [0.29, 0.717) is 11.7 Å². The number of carbonyl (C=O) groups excluding carboxylic acids is 1. The standard InChI is InChI=1S/C17H20N2O2/c1-2-10-19-16(13-8-9-13)11-14(18-19)12-17(20)21-15-6-4-3-5-7-15/h3-7,11,13H,2,8-10,12H2,1H3. The number of aromatic nitrogens is 2. The molecule has 1 aromatic carbocycles. The molecule has 2 aromatic rings. The largest absolute Gasteiger partial charge is 0.426 e. The molecule has 1 fully saturated rings. The van der Waals surface area contributed by atoms with Gasteiger partial charge in [-0.15, -0.1) is 0 Å². The highest BCUT2D eigenvalue weighted by molar-refractivity contribution is 5.74. The van der Waals surface area contributed by atoms with Gasteiger partial charge in [-0.3, -0.25) is 9.48 Å². The fourth-order valence-corrected chi connectivity index (χ4v) is 2.48. The van der Waals surface area contributed by atoms with Crippen molar-refractivity contribution < 1.29 is 9.53 Å². The van der Waals surface area contributed by atoms with Crippen molar-refractivity contribution in [2.75, 3.05) is 0 Å². The summed E-state index contributed by atoms with van der Waals surface area (Å²) in [5, 5.41) is 4.56. The average Bonchev–Trinajstić information content (AvgIpc) is 3.24. The van der Waals surface area contributed by atoms with Crippen LogP contribution in [0.25, 0.3) is 0 Å². The van der Waals surface area contributed by atoms with E-state index in [9.17, 15) is 4.79 Å². The van der Waals surface area contributed by atoms with E-state index in [0.717, 1.165) is 18.7 Å². The van der Waals surface area contributed by atoms with Gasteiger partial charge >= 0.3 is 5.97 Å². The molecule has 1 saturated carbocycles. The number of esters is 1. The molecular weight excluding hydrogens is 264 g/mol. The molecular formula is C17H20N2O2. The first-order valence-electron chi connectivity index (χ1n) is 7.58. The number of hydrogen-bond acceptors (Lipinski definition) is 3. The average molecular weight is 284 g/mol. The first-order chi connectivity index (χ1) is 10.3. The van der Waals surface area contributed by atoms with Gasteiger partial charge in [-0.25, -0.2) is 0 Å². The van der Waals surface area contributed by atoms with Crippen molar-refractivity contribution in [1.29, 1.82) is 0 Å². The summed E-state index contributed by atoms with van der Waals surface area (Å²) in [6.45, 7) is 3.06. The Morgan fingerprint density at radius 2 is 2.10 bits per heavy atom. The van der Waals surface area contributed by atoms with Crippen LogP contribution in [-0.4, -0.2) is 15.7 Å². The van der Waals surface area contributed by atoms with E-state index >= 15 is 0 Å². The normalized spacial score (nSPS) is 14.1. The van der Waals surface area contributed by atoms with E-state index < -0.39 is 0 Å². The van der Waals surface area contributed by atoms with Crippen LogP contribution in [0.2, 0.25) is 0 Å². The minimum absolute atomic E-state index is 0.228. The van der Waals surface area contributed by atoms with Gasteiger partial charge in [0.1, 0.15) is 5.75 Å². The summed E-state index contributed by atoms with van der Waals surface area (Å²) in [4.78, 5) is 12.0. The van der Waals surface area contributed by atoms with Gasteiger partial charge in [0.25, 0.3) is 0 Å². The Balaban J connectivity index is 1.66. The summed E-state index contributed by atoms with van der Waals surface area (Å²) in [5.41, 5.74) is 2.09. The van der Waals surface area contributed by atoms with E-state index in [4.69, 9.17) is 4.74 Å². The van der Waals surface area contributed by atoms with Crippen LogP contribution in [0.15, 0.2) is 36.4 Å². The van der Waals surface area contributed by atoms with Crippen molar-refractivity contribution >= 4 is 5.97 Å². The molecule has 4 heteroatoms. The Hall–Kier alpha value is -2.10. The van der Waals surface area contributed by atoms with E-state index in [2.05, 4.69) is 22.8 Å². The van der Waals surface area contributed by atoms with Gasteiger partial charge in [-0.05, 0) is 37.5 Å². The molecule has 0 amide bonds. The maximum absolute atomic E-state index is 12.0. The Morgan fingerprint density at radius 3 is 2.76 bits per heavy atom. The lowest BCUT2D eigenvalue weighted by Crippen LogP contribution is -2.12. The molecule has 21 heavy (non-hydrogen) atoms. The predicted octanol–water partition coefficient (Wildman–Crippen LogP) is 3.32. The number of ether oxygens (including phenoxy) is 1. The van der Waals surface area contributed by atoms with Crippen molar-refractivity contribution in [2.45, 2.75) is 45.1 Å². The minimum atomic E-state index is -0.260. The zero-order valence-corrected chi connectivity index (χ0v) is 12.3. The molecule has 0 atom stereocenters. The third-order valence-corrected chi connectivity index (χ3v) is 3.59. The summed E-state index contributed by atoms with van der Waals surface area (Å²) < 4.78 is 7.37. The minimum Gasteiger partial charge on any atom is -0.426 e. The predicted molar refractivity (Wildman–Crippen MR) is 80.3 cm³/mol. The van der Waals surface area contributed by atoms with Crippen LogP contribution in [0.1, 0.15) is 43.5 Å². The van der Waals surface area contributed by atoms with Gasteiger partial charge in [0, 0.05) is 18.2 Å². The lowest BCUT2D eigenvalue weighted by Gasteiger charge is -2.03. The van der Waals surface area contributed by atoms with E-state index in [1.165, 1.54) is 18.5 Å². The maximum atomic E-state index is 12.0. The Bertz CT molecular complexity index is 615. The van der Waals surface area contributed by atoms with Crippen LogP contribution in [0, 0.1) is 0 Å². The number of benzene rings is 1.